The van der Waals surface area contributed by atoms with E-state index in [1.807, 2.05) is 0 Å². The lowest BCUT2D eigenvalue weighted by molar-refractivity contribution is -0.149. The zero-order chi connectivity index (χ0) is 23.5. The Hall–Kier alpha value is -2.86. The normalized spacial score (nSPS) is 21.4. The molecule has 0 aliphatic carbocycles. The zero-order valence-electron chi connectivity index (χ0n) is 17.5. The number of amidine groups is 1. The quantitative estimate of drug-likeness (QED) is 0.588. The molecule has 2 N–H and O–H groups in total. The summed E-state index contributed by atoms with van der Waals surface area (Å²) in [6.45, 7) is 0.768. The molecule has 2 aliphatic rings. The molecule has 0 bridgehead atoms. The summed E-state index contributed by atoms with van der Waals surface area (Å²) in [4.78, 5) is 35.3. The largest absolute Gasteiger partial charge is 0.480 e. The molecule has 2 atom stereocenters. The van der Waals surface area contributed by atoms with Gasteiger partial charge in [0.2, 0.25) is 0 Å². The van der Waals surface area contributed by atoms with E-state index in [1.54, 1.807) is 22.5 Å². The summed E-state index contributed by atoms with van der Waals surface area (Å²) >= 11 is 7.58. The number of nitrogens with one attached hydrogen (secondary N) is 1. The molecule has 4 rings (SSSR count). The van der Waals surface area contributed by atoms with Gasteiger partial charge in [-0.1, -0.05) is 23.7 Å². The number of carboxylic acids is 1. The number of ether oxygens (including phenoxy) is 2. The van der Waals surface area contributed by atoms with E-state index in [1.165, 1.54) is 30.6 Å². The van der Waals surface area contributed by atoms with Crippen LogP contribution in [0.2, 0.25) is 5.02 Å². The van der Waals surface area contributed by atoms with Crippen molar-refractivity contribution < 1.29 is 28.6 Å². The number of aliphatic imine (C=N–C) groups is 1. The summed E-state index contributed by atoms with van der Waals surface area (Å²) < 4.78 is 24.6. The predicted octanol–water partition coefficient (Wildman–Crippen LogP) is 2.24. The van der Waals surface area contributed by atoms with E-state index in [0.29, 0.717) is 29.7 Å². The number of aromatic nitrogens is 1. The highest BCUT2D eigenvalue weighted by molar-refractivity contribution is 7.11. The number of benzene rings is 1. The van der Waals surface area contributed by atoms with Gasteiger partial charge in [-0.25, -0.2) is 14.2 Å². The van der Waals surface area contributed by atoms with Crippen LogP contribution in [0.4, 0.5) is 4.39 Å². The summed E-state index contributed by atoms with van der Waals surface area (Å²) in [6, 6.07) is 2.39. The minimum Gasteiger partial charge on any atom is -0.480 e. The molecule has 0 radical (unpaired) electrons. The number of carbonyl (C=O) groups is 2. The van der Waals surface area contributed by atoms with Crippen LogP contribution in [-0.2, 0) is 19.1 Å². The van der Waals surface area contributed by atoms with Crippen molar-refractivity contribution in [3.8, 4) is 0 Å². The lowest BCUT2D eigenvalue weighted by atomic mass is 9.95. The molecule has 12 heteroatoms. The summed E-state index contributed by atoms with van der Waals surface area (Å²) in [5.41, 5.74) is 0.767. The van der Waals surface area contributed by atoms with Crippen LogP contribution in [0.3, 0.4) is 0 Å². The fourth-order valence-electron chi connectivity index (χ4n) is 3.73. The van der Waals surface area contributed by atoms with Gasteiger partial charge >= 0.3 is 11.9 Å². The second kappa shape index (κ2) is 9.96. The Morgan fingerprint density at radius 1 is 1.45 bits per heavy atom. The molecule has 1 aromatic carbocycles. The maximum Gasteiger partial charge on any atom is 0.338 e. The van der Waals surface area contributed by atoms with Gasteiger partial charge in [-0.3, -0.25) is 14.7 Å². The average Bonchev–Trinajstić information content (AvgIpc) is 3.35. The Kier molecular flexibility index (Phi) is 7.03. The van der Waals surface area contributed by atoms with Gasteiger partial charge in [0.1, 0.15) is 17.9 Å². The van der Waals surface area contributed by atoms with E-state index >= 15 is 0 Å². The fraction of sp³-hybridized carbons (Fsp3) is 0.333. The third kappa shape index (κ3) is 4.76. The van der Waals surface area contributed by atoms with Crippen molar-refractivity contribution >= 4 is 40.7 Å². The van der Waals surface area contributed by atoms with E-state index in [-0.39, 0.29) is 29.3 Å². The van der Waals surface area contributed by atoms with E-state index in [4.69, 9.17) is 21.1 Å². The molecule has 33 heavy (non-hydrogen) atoms. The van der Waals surface area contributed by atoms with Crippen molar-refractivity contribution in [1.82, 2.24) is 15.2 Å². The van der Waals surface area contributed by atoms with Crippen LogP contribution in [0.25, 0.3) is 0 Å². The molecule has 0 amide bonds. The first-order chi connectivity index (χ1) is 15.9. The molecule has 2 aromatic rings. The Bertz CT molecular complexity index is 1120. The highest BCUT2D eigenvalue weighted by Crippen LogP contribution is 2.37. The highest BCUT2D eigenvalue weighted by Gasteiger charge is 2.37. The van der Waals surface area contributed by atoms with Gasteiger partial charge in [-0.15, -0.1) is 11.3 Å². The van der Waals surface area contributed by atoms with Gasteiger partial charge < -0.3 is 19.9 Å². The molecule has 0 unspecified atom stereocenters. The summed E-state index contributed by atoms with van der Waals surface area (Å²) in [7, 11) is 1.23. The minimum absolute atomic E-state index is 0.0166. The molecule has 3 heterocycles. The Labute approximate surface area is 197 Å². The van der Waals surface area contributed by atoms with E-state index in [0.717, 1.165) is 0 Å². The molecule has 0 saturated carbocycles. The van der Waals surface area contributed by atoms with Gasteiger partial charge in [0.05, 0.1) is 30.9 Å². The number of hydrogen-bond acceptors (Lipinski definition) is 9. The number of rotatable bonds is 6. The zero-order valence-corrected chi connectivity index (χ0v) is 19.0. The summed E-state index contributed by atoms with van der Waals surface area (Å²) in [5, 5.41) is 14.9. The number of methoxy groups -OCH3 is 1. The number of carbonyl (C=O) groups excluding carboxylic acids is 1. The topological polar surface area (TPSA) is 113 Å². The van der Waals surface area contributed by atoms with Crippen LogP contribution in [0.1, 0.15) is 16.6 Å². The van der Waals surface area contributed by atoms with E-state index in [9.17, 15) is 19.1 Å². The molecule has 2 aliphatic heterocycles. The van der Waals surface area contributed by atoms with Crippen molar-refractivity contribution in [2.45, 2.75) is 12.1 Å². The maximum atomic E-state index is 14.3. The van der Waals surface area contributed by atoms with E-state index in [2.05, 4.69) is 15.3 Å². The number of hydrogen-bond donors (Lipinski definition) is 2. The first-order valence-corrected chi connectivity index (χ1v) is 11.2. The molecular formula is C21H20ClFN4O5S. The molecule has 1 fully saturated rings. The van der Waals surface area contributed by atoms with Gasteiger partial charge in [-0.05, 0) is 6.07 Å². The van der Waals surface area contributed by atoms with Crippen LogP contribution in [0.5, 0.6) is 0 Å². The second-order valence-corrected chi connectivity index (χ2v) is 8.54. The monoisotopic (exact) mass is 494 g/mol. The second-order valence-electron chi connectivity index (χ2n) is 7.27. The number of morpholine rings is 1. The third-order valence-corrected chi connectivity index (χ3v) is 6.51. The van der Waals surface area contributed by atoms with Gasteiger partial charge in [-0.2, -0.15) is 0 Å². The Morgan fingerprint density at radius 2 is 2.27 bits per heavy atom. The minimum atomic E-state index is -1.04. The average molecular weight is 495 g/mol. The standard InChI is InChI=1S/C21H20ClFN4O5S/c1-31-21(30)15-13(9-27-6-7-32-10-14(27)20(28)29)25-18(19-24-5-8-33-19)26-17(15)11-3-2-4-12(23)16(11)22/h2-5,8,14,17H,6-7,9-10H2,1H3,(H,25,26)(H,28,29)/t14-,17-/m0/s1. The Morgan fingerprint density at radius 3 is 2.97 bits per heavy atom. The number of thiazole rings is 1. The molecule has 1 saturated heterocycles. The maximum absolute atomic E-state index is 14.3. The first kappa shape index (κ1) is 23.3. The van der Waals surface area contributed by atoms with Crippen molar-refractivity contribution in [2.24, 2.45) is 4.99 Å². The first-order valence-electron chi connectivity index (χ1n) is 9.95. The van der Waals surface area contributed by atoms with Crippen molar-refractivity contribution in [1.29, 1.82) is 0 Å². The van der Waals surface area contributed by atoms with Crippen molar-refractivity contribution in [3.05, 3.63) is 62.5 Å². The molecule has 0 spiro atoms. The van der Waals surface area contributed by atoms with Crippen molar-refractivity contribution in [3.63, 3.8) is 0 Å². The number of esters is 1. The van der Waals surface area contributed by atoms with Crippen LogP contribution in [0, 0.1) is 5.82 Å². The van der Waals surface area contributed by atoms with E-state index < -0.39 is 29.8 Å². The SMILES string of the molecule is COC(=O)C1=C(CN2CCOC[C@H]2C(=O)O)NC(c2nccs2)=N[C@H]1c1cccc(F)c1Cl. The van der Waals surface area contributed by atoms with Gasteiger partial charge in [0.15, 0.2) is 10.8 Å². The van der Waals surface area contributed by atoms with Gasteiger partial charge in [0.25, 0.3) is 0 Å². The molecule has 9 nitrogen and oxygen atoms in total. The summed E-state index contributed by atoms with van der Waals surface area (Å²) in [5.74, 6) is -2.02. The number of halogens is 2. The number of aliphatic carboxylic acids is 1. The number of carboxylic acid groups (broad SMARTS) is 1. The Balaban J connectivity index is 1.84. The van der Waals surface area contributed by atoms with Crippen LogP contribution in [0.15, 0.2) is 46.0 Å². The third-order valence-electron chi connectivity index (χ3n) is 5.33. The van der Waals surface area contributed by atoms with Crippen LogP contribution < -0.4 is 5.32 Å². The van der Waals surface area contributed by atoms with Gasteiger partial charge in [0, 0.05) is 35.9 Å². The molecule has 174 valence electrons. The smallest absolute Gasteiger partial charge is 0.338 e. The highest BCUT2D eigenvalue weighted by atomic mass is 35.5. The van der Waals surface area contributed by atoms with Crippen molar-refractivity contribution in [2.75, 3.05) is 33.4 Å². The lowest BCUT2D eigenvalue weighted by Crippen LogP contribution is -2.52. The predicted molar refractivity (Wildman–Crippen MR) is 119 cm³/mol. The van der Waals surface area contributed by atoms with Crippen LogP contribution >= 0.6 is 22.9 Å². The summed E-state index contributed by atoms with van der Waals surface area (Å²) in [6.07, 6.45) is 1.61. The molecule has 1 aromatic heterocycles. The number of nitrogens with zero attached hydrogens (tertiary/aromatic N) is 3. The fourth-order valence-corrected chi connectivity index (χ4v) is 4.55. The lowest BCUT2D eigenvalue weighted by Gasteiger charge is -2.35. The molecular weight excluding hydrogens is 475 g/mol. The van der Waals surface area contributed by atoms with Crippen LogP contribution in [-0.4, -0.2) is 72.2 Å².